The Balaban J connectivity index is 2.43. The Hall–Kier alpha value is -2.14. The monoisotopic (exact) mass is 290 g/mol. The van der Waals surface area contributed by atoms with E-state index in [1.807, 2.05) is 0 Å². The van der Waals surface area contributed by atoms with Gasteiger partial charge in [-0.2, -0.15) is 0 Å². The Morgan fingerprint density at radius 2 is 1.85 bits per heavy atom. The summed E-state index contributed by atoms with van der Waals surface area (Å²) in [4.78, 5) is 20.3. The van der Waals surface area contributed by atoms with Crippen molar-refractivity contribution >= 4 is 23.2 Å². The fourth-order valence-electron chi connectivity index (χ4n) is 1.96. The van der Waals surface area contributed by atoms with Gasteiger partial charge in [-0.15, -0.1) is 0 Å². The van der Waals surface area contributed by atoms with E-state index in [9.17, 15) is 4.79 Å². The highest BCUT2D eigenvalue weighted by atomic mass is 35.5. The number of nitrogens with one attached hydrogen (secondary N) is 1. The third-order valence-electron chi connectivity index (χ3n) is 3.09. The number of anilines is 1. The van der Waals surface area contributed by atoms with Crippen molar-refractivity contribution < 1.29 is 4.79 Å². The first-order chi connectivity index (χ1) is 9.43. The number of aryl methyl sites for hydroxylation is 1. The van der Waals surface area contributed by atoms with E-state index in [4.69, 9.17) is 17.3 Å². The molecule has 1 aromatic heterocycles. The summed E-state index contributed by atoms with van der Waals surface area (Å²) in [6.45, 7) is 3.47. The van der Waals surface area contributed by atoms with Crippen molar-refractivity contribution in [1.29, 1.82) is 0 Å². The molecule has 0 spiro atoms. The largest absolute Gasteiger partial charge is 0.367 e. The van der Waals surface area contributed by atoms with Crippen LogP contribution in [0.3, 0.4) is 0 Å². The molecular formula is C14H15ClN4O. The van der Waals surface area contributed by atoms with Gasteiger partial charge in [0.05, 0.1) is 11.4 Å². The minimum absolute atomic E-state index is 0.502. The Morgan fingerprint density at radius 1 is 1.25 bits per heavy atom. The quantitative estimate of drug-likeness (QED) is 0.905. The first kappa shape index (κ1) is 14.3. The predicted molar refractivity (Wildman–Crippen MR) is 78.4 cm³/mol. The van der Waals surface area contributed by atoms with Crippen LogP contribution in [-0.2, 0) is 10.3 Å². The fraction of sp³-hybridized carbons (Fsp3) is 0.214. The second-order valence-corrected chi connectivity index (χ2v) is 5.05. The first-order valence-electron chi connectivity index (χ1n) is 6.05. The lowest BCUT2D eigenvalue weighted by molar-refractivity contribution is -0.122. The number of nitrogens with zero attached hydrogens (tertiary/aromatic N) is 2. The second kappa shape index (κ2) is 5.46. The number of aromatic nitrogens is 2. The van der Waals surface area contributed by atoms with Crippen molar-refractivity contribution in [1.82, 2.24) is 9.97 Å². The zero-order chi connectivity index (χ0) is 14.8. The van der Waals surface area contributed by atoms with Crippen LogP contribution in [0.5, 0.6) is 0 Å². The molecule has 1 atom stereocenters. The molecule has 0 fully saturated rings. The van der Waals surface area contributed by atoms with Crippen LogP contribution in [0.2, 0.25) is 5.02 Å². The molecule has 0 bridgehead atoms. The van der Waals surface area contributed by atoms with Gasteiger partial charge in [0, 0.05) is 23.1 Å². The Bertz CT molecular complexity index is 629. The predicted octanol–water partition coefficient (Wildman–Crippen LogP) is 2.25. The zero-order valence-corrected chi connectivity index (χ0v) is 12.0. The normalized spacial score (nSPS) is 13.6. The van der Waals surface area contributed by atoms with Crippen LogP contribution in [0.15, 0.2) is 36.7 Å². The van der Waals surface area contributed by atoms with E-state index in [0.29, 0.717) is 16.4 Å². The highest BCUT2D eigenvalue weighted by Crippen LogP contribution is 2.26. The number of carbonyl (C=O) groups excluding carboxylic acids is 1. The van der Waals surface area contributed by atoms with Gasteiger partial charge in [0.25, 0.3) is 0 Å². The SMILES string of the molecule is Cc1nccnc1C(C)(Nc1ccc(Cl)cc1)C(N)=O. The summed E-state index contributed by atoms with van der Waals surface area (Å²) in [6, 6.07) is 7.01. The summed E-state index contributed by atoms with van der Waals surface area (Å²) in [7, 11) is 0. The van der Waals surface area contributed by atoms with Crippen molar-refractivity contribution in [2.75, 3.05) is 5.32 Å². The van der Waals surface area contributed by atoms with E-state index in [0.717, 1.165) is 5.69 Å². The van der Waals surface area contributed by atoms with Gasteiger partial charge in [-0.3, -0.25) is 14.8 Å². The number of rotatable bonds is 4. The van der Waals surface area contributed by atoms with Crippen LogP contribution in [0.25, 0.3) is 0 Å². The highest BCUT2D eigenvalue weighted by Gasteiger charge is 2.36. The molecular weight excluding hydrogens is 276 g/mol. The van der Waals surface area contributed by atoms with Crippen LogP contribution in [-0.4, -0.2) is 15.9 Å². The number of primary amides is 1. The lowest BCUT2D eigenvalue weighted by atomic mass is 9.94. The number of carbonyl (C=O) groups is 1. The number of hydrogen-bond acceptors (Lipinski definition) is 4. The molecule has 0 aliphatic heterocycles. The van der Waals surface area contributed by atoms with Gasteiger partial charge in [0.2, 0.25) is 5.91 Å². The van der Waals surface area contributed by atoms with Crippen LogP contribution < -0.4 is 11.1 Å². The molecule has 104 valence electrons. The molecule has 2 aromatic rings. The van der Waals surface area contributed by atoms with E-state index in [1.54, 1.807) is 44.3 Å². The third kappa shape index (κ3) is 2.72. The summed E-state index contributed by atoms with van der Waals surface area (Å²) in [5.41, 5.74) is 6.28. The first-order valence-corrected chi connectivity index (χ1v) is 6.43. The molecule has 1 heterocycles. The molecule has 20 heavy (non-hydrogen) atoms. The number of benzene rings is 1. The van der Waals surface area contributed by atoms with Crippen LogP contribution in [0.1, 0.15) is 18.3 Å². The van der Waals surface area contributed by atoms with Gasteiger partial charge in [0.1, 0.15) is 0 Å². The van der Waals surface area contributed by atoms with Crippen molar-refractivity contribution in [3.63, 3.8) is 0 Å². The van der Waals surface area contributed by atoms with Crippen molar-refractivity contribution in [2.24, 2.45) is 5.73 Å². The molecule has 5 nitrogen and oxygen atoms in total. The minimum atomic E-state index is -1.15. The number of nitrogens with two attached hydrogens (primary N) is 1. The van der Waals surface area contributed by atoms with Crippen molar-refractivity contribution in [3.8, 4) is 0 Å². The molecule has 1 aromatic carbocycles. The second-order valence-electron chi connectivity index (χ2n) is 4.61. The topological polar surface area (TPSA) is 80.9 Å². The van der Waals surface area contributed by atoms with E-state index < -0.39 is 11.4 Å². The Kier molecular flexibility index (Phi) is 3.90. The average molecular weight is 291 g/mol. The minimum Gasteiger partial charge on any atom is -0.367 e. The Morgan fingerprint density at radius 3 is 2.40 bits per heavy atom. The maximum atomic E-state index is 11.9. The highest BCUT2D eigenvalue weighted by molar-refractivity contribution is 6.30. The van der Waals surface area contributed by atoms with Gasteiger partial charge in [-0.25, -0.2) is 0 Å². The summed E-state index contributed by atoms with van der Waals surface area (Å²) in [5, 5.41) is 3.72. The number of halogens is 1. The molecule has 6 heteroatoms. The van der Waals surface area contributed by atoms with Gasteiger partial charge < -0.3 is 11.1 Å². The van der Waals surface area contributed by atoms with Crippen LogP contribution in [0, 0.1) is 6.92 Å². The van der Waals surface area contributed by atoms with Gasteiger partial charge in [-0.1, -0.05) is 11.6 Å². The van der Waals surface area contributed by atoms with Gasteiger partial charge in [0.15, 0.2) is 5.54 Å². The average Bonchev–Trinajstić information content (AvgIpc) is 2.41. The molecule has 0 aliphatic carbocycles. The molecule has 0 saturated heterocycles. The molecule has 2 rings (SSSR count). The third-order valence-corrected chi connectivity index (χ3v) is 3.34. The maximum Gasteiger partial charge on any atom is 0.249 e. The van der Waals surface area contributed by atoms with Crippen LogP contribution in [0.4, 0.5) is 5.69 Å². The summed E-state index contributed by atoms with van der Waals surface area (Å²) >= 11 is 5.85. The molecule has 3 N–H and O–H groups in total. The molecule has 0 aliphatic rings. The summed E-state index contributed by atoms with van der Waals surface area (Å²) in [5.74, 6) is -0.531. The molecule has 0 saturated carbocycles. The Labute approximate surface area is 122 Å². The summed E-state index contributed by atoms with van der Waals surface area (Å²) < 4.78 is 0. The number of hydrogen-bond donors (Lipinski definition) is 2. The molecule has 1 amide bonds. The lowest BCUT2D eigenvalue weighted by Gasteiger charge is -2.28. The maximum absolute atomic E-state index is 11.9. The standard InChI is InChI=1S/C14H15ClN4O/c1-9-12(18-8-7-17-9)14(2,13(16)20)19-11-5-3-10(15)4-6-11/h3-8,19H,1-2H3,(H2,16,20). The summed E-state index contributed by atoms with van der Waals surface area (Å²) in [6.07, 6.45) is 3.11. The van der Waals surface area contributed by atoms with Crippen molar-refractivity contribution in [3.05, 3.63) is 53.1 Å². The van der Waals surface area contributed by atoms with Crippen LogP contribution >= 0.6 is 11.6 Å². The lowest BCUT2D eigenvalue weighted by Crippen LogP contribution is -2.46. The van der Waals surface area contributed by atoms with Gasteiger partial charge >= 0.3 is 0 Å². The zero-order valence-electron chi connectivity index (χ0n) is 11.2. The van der Waals surface area contributed by atoms with E-state index >= 15 is 0 Å². The van der Waals surface area contributed by atoms with E-state index in [1.165, 1.54) is 6.20 Å². The van der Waals surface area contributed by atoms with E-state index in [2.05, 4.69) is 15.3 Å². The number of amides is 1. The van der Waals surface area contributed by atoms with E-state index in [-0.39, 0.29) is 0 Å². The van der Waals surface area contributed by atoms with Gasteiger partial charge in [-0.05, 0) is 38.1 Å². The smallest absolute Gasteiger partial charge is 0.249 e. The molecule has 0 radical (unpaired) electrons. The fourth-order valence-corrected chi connectivity index (χ4v) is 2.08. The van der Waals surface area contributed by atoms with Crippen molar-refractivity contribution in [2.45, 2.75) is 19.4 Å². The molecule has 1 unspecified atom stereocenters.